The van der Waals surface area contributed by atoms with Crippen molar-refractivity contribution in [2.24, 2.45) is 5.73 Å². The second-order valence-electron chi connectivity index (χ2n) is 3.97. The zero-order chi connectivity index (χ0) is 11.8. The minimum Gasteiger partial charge on any atom is -0.454 e. The van der Waals surface area contributed by atoms with Crippen molar-refractivity contribution in [3.63, 3.8) is 0 Å². The second-order valence-corrected chi connectivity index (χ2v) is 3.97. The Bertz CT molecular complexity index is 548. The average Bonchev–Trinajstić information content (AvgIpc) is 2.97. The molecule has 0 saturated carbocycles. The van der Waals surface area contributed by atoms with Gasteiger partial charge in [-0.1, -0.05) is 5.16 Å². The van der Waals surface area contributed by atoms with Gasteiger partial charge in [0.2, 0.25) is 6.79 Å². The van der Waals surface area contributed by atoms with Gasteiger partial charge >= 0.3 is 0 Å². The number of hydrogen-bond donors (Lipinski definition) is 1. The SMILES string of the molecule is CC(N)c1cc(-c2ccc3c(c2)OCO3)no1. The monoisotopic (exact) mass is 232 g/mol. The highest BCUT2D eigenvalue weighted by molar-refractivity contribution is 5.64. The summed E-state index contributed by atoms with van der Waals surface area (Å²) in [7, 11) is 0. The predicted octanol–water partition coefficient (Wildman–Crippen LogP) is 2.09. The van der Waals surface area contributed by atoms with Crippen molar-refractivity contribution in [2.45, 2.75) is 13.0 Å². The first-order valence-electron chi connectivity index (χ1n) is 5.36. The molecule has 2 aromatic rings. The van der Waals surface area contributed by atoms with E-state index in [0.29, 0.717) is 5.76 Å². The van der Waals surface area contributed by atoms with E-state index < -0.39 is 0 Å². The highest BCUT2D eigenvalue weighted by atomic mass is 16.7. The van der Waals surface area contributed by atoms with Crippen LogP contribution in [0.25, 0.3) is 11.3 Å². The Morgan fingerprint density at radius 2 is 2.06 bits per heavy atom. The first-order valence-corrected chi connectivity index (χ1v) is 5.36. The van der Waals surface area contributed by atoms with Crippen LogP contribution in [0, 0.1) is 0 Å². The van der Waals surface area contributed by atoms with Gasteiger partial charge in [-0.05, 0) is 25.1 Å². The van der Waals surface area contributed by atoms with Gasteiger partial charge in [0.25, 0.3) is 0 Å². The van der Waals surface area contributed by atoms with Crippen molar-refractivity contribution in [1.82, 2.24) is 5.16 Å². The van der Waals surface area contributed by atoms with Crippen molar-refractivity contribution in [2.75, 3.05) is 6.79 Å². The number of nitrogens with two attached hydrogens (primary N) is 1. The lowest BCUT2D eigenvalue weighted by Gasteiger charge is -1.98. The van der Waals surface area contributed by atoms with Gasteiger partial charge in [-0.3, -0.25) is 0 Å². The Kier molecular flexibility index (Phi) is 2.26. The molecular weight excluding hydrogens is 220 g/mol. The van der Waals surface area contributed by atoms with E-state index in [1.165, 1.54) is 0 Å². The third-order valence-corrected chi connectivity index (χ3v) is 2.65. The Labute approximate surface area is 98.1 Å². The molecule has 2 heterocycles. The fourth-order valence-corrected chi connectivity index (χ4v) is 1.70. The van der Waals surface area contributed by atoms with E-state index in [4.69, 9.17) is 19.7 Å². The largest absolute Gasteiger partial charge is 0.454 e. The van der Waals surface area contributed by atoms with Crippen LogP contribution in [0.1, 0.15) is 18.7 Å². The Balaban J connectivity index is 1.97. The minimum absolute atomic E-state index is 0.162. The van der Waals surface area contributed by atoms with Crippen molar-refractivity contribution in [3.05, 3.63) is 30.0 Å². The van der Waals surface area contributed by atoms with Crippen LogP contribution in [-0.4, -0.2) is 11.9 Å². The molecule has 1 unspecified atom stereocenters. The number of nitrogens with zero attached hydrogens (tertiary/aromatic N) is 1. The van der Waals surface area contributed by atoms with E-state index >= 15 is 0 Å². The molecule has 1 atom stereocenters. The summed E-state index contributed by atoms with van der Waals surface area (Å²) in [4.78, 5) is 0. The van der Waals surface area contributed by atoms with Gasteiger partial charge in [0.05, 0.1) is 6.04 Å². The molecule has 0 bridgehead atoms. The molecule has 0 amide bonds. The minimum atomic E-state index is -0.162. The summed E-state index contributed by atoms with van der Waals surface area (Å²) in [5, 5.41) is 3.98. The van der Waals surface area contributed by atoms with Crippen LogP contribution in [0.15, 0.2) is 28.8 Å². The summed E-state index contributed by atoms with van der Waals surface area (Å²) in [6.45, 7) is 2.12. The lowest BCUT2D eigenvalue weighted by Crippen LogP contribution is -2.02. The van der Waals surface area contributed by atoms with Gasteiger partial charge in [0, 0.05) is 11.6 Å². The molecule has 1 aromatic heterocycles. The molecule has 0 fully saturated rings. The van der Waals surface area contributed by atoms with Crippen molar-refractivity contribution < 1.29 is 14.0 Å². The van der Waals surface area contributed by atoms with Crippen LogP contribution in [-0.2, 0) is 0 Å². The molecule has 5 nitrogen and oxygen atoms in total. The maximum Gasteiger partial charge on any atom is 0.231 e. The molecule has 0 radical (unpaired) electrons. The maximum absolute atomic E-state index is 5.72. The van der Waals surface area contributed by atoms with Crippen LogP contribution >= 0.6 is 0 Å². The first kappa shape index (κ1) is 10.2. The van der Waals surface area contributed by atoms with E-state index in [1.807, 2.05) is 31.2 Å². The lowest BCUT2D eigenvalue weighted by atomic mass is 10.1. The topological polar surface area (TPSA) is 70.5 Å². The Morgan fingerprint density at radius 1 is 1.24 bits per heavy atom. The molecule has 0 saturated heterocycles. The highest BCUT2D eigenvalue weighted by Gasteiger charge is 2.16. The van der Waals surface area contributed by atoms with Crippen LogP contribution < -0.4 is 15.2 Å². The van der Waals surface area contributed by atoms with Gasteiger partial charge in [-0.25, -0.2) is 0 Å². The third kappa shape index (κ3) is 1.74. The quantitative estimate of drug-likeness (QED) is 0.858. The number of aromatic nitrogens is 1. The fourth-order valence-electron chi connectivity index (χ4n) is 1.70. The zero-order valence-corrected chi connectivity index (χ0v) is 9.34. The van der Waals surface area contributed by atoms with Crippen molar-refractivity contribution in [1.29, 1.82) is 0 Å². The molecule has 17 heavy (non-hydrogen) atoms. The maximum atomic E-state index is 5.72. The molecule has 0 spiro atoms. The molecule has 1 aliphatic rings. The van der Waals surface area contributed by atoms with Crippen LogP contribution in [0.5, 0.6) is 11.5 Å². The Hall–Kier alpha value is -2.01. The molecular formula is C12H12N2O3. The number of rotatable bonds is 2. The van der Waals surface area contributed by atoms with Crippen molar-refractivity contribution in [3.8, 4) is 22.8 Å². The van der Waals surface area contributed by atoms with E-state index in [-0.39, 0.29) is 12.8 Å². The molecule has 88 valence electrons. The summed E-state index contributed by atoms with van der Waals surface area (Å²) in [6.07, 6.45) is 0. The Morgan fingerprint density at radius 3 is 2.82 bits per heavy atom. The van der Waals surface area contributed by atoms with Gasteiger partial charge < -0.3 is 19.7 Å². The number of ether oxygens (including phenoxy) is 2. The van der Waals surface area contributed by atoms with Crippen LogP contribution in [0.3, 0.4) is 0 Å². The summed E-state index contributed by atoms with van der Waals surface area (Å²) in [5.41, 5.74) is 7.38. The normalized spacial score (nSPS) is 14.9. The molecule has 3 rings (SSSR count). The van der Waals surface area contributed by atoms with Gasteiger partial charge in [-0.15, -0.1) is 0 Å². The number of benzene rings is 1. The molecule has 0 aliphatic carbocycles. The third-order valence-electron chi connectivity index (χ3n) is 2.65. The van der Waals surface area contributed by atoms with Gasteiger partial charge in [0.1, 0.15) is 5.69 Å². The molecule has 2 N–H and O–H groups in total. The average molecular weight is 232 g/mol. The van der Waals surface area contributed by atoms with Crippen molar-refractivity contribution >= 4 is 0 Å². The molecule has 5 heteroatoms. The molecule has 1 aromatic carbocycles. The van der Waals surface area contributed by atoms with E-state index in [9.17, 15) is 0 Å². The van der Waals surface area contributed by atoms with Gasteiger partial charge in [0.15, 0.2) is 17.3 Å². The number of hydrogen-bond acceptors (Lipinski definition) is 5. The van der Waals surface area contributed by atoms with E-state index in [2.05, 4.69) is 5.16 Å². The standard InChI is InChI=1S/C12H12N2O3/c1-7(13)11-5-9(14-17-11)8-2-3-10-12(4-8)16-6-15-10/h2-5,7H,6,13H2,1H3. The first-order chi connectivity index (χ1) is 8.24. The fraction of sp³-hybridized carbons (Fsp3) is 0.250. The number of fused-ring (bicyclic) bond motifs is 1. The zero-order valence-electron chi connectivity index (χ0n) is 9.34. The highest BCUT2D eigenvalue weighted by Crippen LogP contribution is 2.35. The predicted molar refractivity (Wildman–Crippen MR) is 60.7 cm³/mol. The lowest BCUT2D eigenvalue weighted by molar-refractivity contribution is 0.174. The van der Waals surface area contributed by atoms with Crippen LogP contribution in [0.2, 0.25) is 0 Å². The van der Waals surface area contributed by atoms with Crippen LogP contribution in [0.4, 0.5) is 0 Å². The second kappa shape index (κ2) is 3.78. The summed E-state index contributed by atoms with van der Waals surface area (Å²) < 4.78 is 15.7. The van der Waals surface area contributed by atoms with E-state index in [0.717, 1.165) is 22.8 Å². The summed E-state index contributed by atoms with van der Waals surface area (Å²) in [6, 6.07) is 7.33. The smallest absolute Gasteiger partial charge is 0.231 e. The van der Waals surface area contributed by atoms with Gasteiger partial charge in [-0.2, -0.15) is 0 Å². The molecule has 1 aliphatic heterocycles. The summed E-state index contributed by atoms with van der Waals surface area (Å²) in [5.74, 6) is 2.15. The van der Waals surface area contributed by atoms with E-state index in [1.54, 1.807) is 0 Å². The summed E-state index contributed by atoms with van der Waals surface area (Å²) >= 11 is 0.